The van der Waals surface area contributed by atoms with Gasteiger partial charge in [0.2, 0.25) is 9.84 Å². The van der Waals surface area contributed by atoms with E-state index < -0.39 is 21.6 Å². The first-order valence-electron chi connectivity index (χ1n) is 8.39. The van der Waals surface area contributed by atoms with Crippen LogP contribution in [0.5, 0.6) is 0 Å². The van der Waals surface area contributed by atoms with Gasteiger partial charge in [0, 0.05) is 6.20 Å². The summed E-state index contributed by atoms with van der Waals surface area (Å²) in [5, 5.41) is 9.73. The third-order valence-corrected chi connectivity index (χ3v) is 6.32. The molecule has 0 saturated heterocycles. The summed E-state index contributed by atoms with van der Waals surface area (Å²) in [6, 6.07) is 13.9. The summed E-state index contributed by atoms with van der Waals surface area (Å²) in [4.78, 5) is 3.82. The van der Waals surface area contributed by atoms with Crippen LogP contribution in [-0.4, -0.2) is 24.7 Å². The van der Waals surface area contributed by atoms with Crippen molar-refractivity contribution in [2.75, 3.05) is 5.73 Å². The number of sulfone groups is 1. The number of rotatable bonds is 4. The van der Waals surface area contributed by atoms with E-state index in [0.29, 0.717) is 18.1 Å². The predicted octanol–water partition coefficient (Wildman–Crippen LogP) is 3.93. The summed E-state index contributed by atoms with van der Waals surface area (Å²) in [5.74, 6) is 0.201. The molecule has 1 atom stereocenters. The Morgan fingerprint density at radius 3 is 1.79 bits per heavy atom. The van der Waals surface area contributed by atoms with Gasteiger partial charge in [-0.1, -0.05) is 36.4 Å². The maximum Gasteiger partial charge on any atom is 0.421 e. The molecule has 9 heteroatoms. The Hall–Kier alpha value is -2.91. The van der Waals surface area contributed by atoms with E-state index in [2.05, 4.69) is 4.98 Å². The molecule has 0 bridgehead atoms. The van der Waals surface area contributed by atoms with Crippen LogP contribution in [0.1, 0.15) is 12.5 Å². The van der Waals surface area contributed by atoms with Crippen molar-refractivity contribution in [2.24, 2.45) is 0 Å². The van der Waals surface area contributed by atoms with E-state index in [0.717, 1.165) is 0 Å². The fourth-order valence-electron chi connectivity index (χ4n) is 2.66. The number of hydrogen-bond donors (Lipinski definition) is 2. The second-order valence-corrected chi connectivity index (χ2v) is 8.54. The molecular formula is C20H17F3N2O3S. The monoisotopic (exact) mass is 422 g/mol. The third-order valence-electron chi connectivity index (χ3n) is 4.57. The van der Waals surface area contributed by atoms with Crippen LogP contribution in [-0.2, 0) is 15.4 Å². The van der Waals surface area contributed by atoms with Crippen LogP contribution < -0.4 is 5.73 Å². The highest BCUT2D eigenvalue weighted by Gasteiger charge is 2.51. The fourth-order valence-corrected chi connectivity index (χ4v) is 3.87. The normalized spacial score (nSPS) is 14.4. The number of halogens is 3. The highest BCUT2D eigenvalue weighted by atomic mass is 32.2. The summed E-state index contributed by atoms with van der Waals surface area (Å²) < 4.78 is 64.1. The van der Waals surface area contributed by atoms with Crippen molar-refractivity contribution in [1.82, 2.24) is 4.98 Å². The Labute approximate surface area is 165 Å². The molecule has 29 heavy (non-hydrogen) atoms. The maximum absolute atomic E-state index is 12.9. The Bertz CT molecular complexity index is 1110. The lowest BCUT2D eigenvalue weighted by molar-refractivity contribution is -0.258. The molecule has 0 aliphatic rings. The van der Waals surface area contributed by atoms with Crippen molar-refractivity contribution in [3.05, 3.63) is 72.4 Å². The summed E-state index contributed by atoms with van der Waals surface area (Å²) >= 11 is 0. The Morgan fingerprint density at radius 2 is 1.34 bits per heavy atom. The maximum atomic E-state index is 12.9. The van der Waals surface area contributed by atoms with Crippen LogP contribution in [0.3, 0.4) is 0 Å². The van der Waals surface area contributed by atoms with Gasteiger partial charge in [0.05, 0.1) is 9.79 Å². The SMILES string of the molecule is C[C@@](O)(c1ccc(-c2ccc(S(=O)(=O)c3ccc(N)nc3)cc2)cc1)C(F)(F)F. The minimum atomic E-state index is -4.80. The number of nitrogen functional groups attached to an aromatic ring is 1. The van der Waals surface area contributed by atoms with Crippen LogP contribution in [0.25, 0.3) is 11.1 Å². The molecule has 3 rings (SSSR count). The van der Waals surface area contributed by atoms with E-state index in [-0.39, 0.29) is 21.2 Å². The van der Waals surface area contributed by atoms with E-state index in [1.54, 1.807) is 12.1 Å². The van der Waals surface area contributed by atoms with Gasteiger partial charge in [-0.3, -0.25) is 0 Å². The van der Waals surface area contributed by atoms with E-state index >= 15 is 0 Å². The molecule has 5 nitrogen and oxygen atoms in total. The van der Waals surface area contributed by atoms with Crippen molar-refractivity contribution in [3.63, 3.8) is 0 Å². The van der Waals surface area contributed by atoms with E-state index in [9.17, 15) is 26.7 Å². The molecule has 0 aliphatic carbocycles. The van der Waals surface area contributed by atoms with Crippen molar-refractivity contribution in [2.45, 2.75) is 28.5 Å². The third kappa shape index (κ3) is 3.96. The highest BCUT2D eigenvalue weighted by Crippen LogP contribution is 2.39. The molecular weight excluding hydrogens is 405 g/mol. The zero-order chi connectivity index (χ0) is 21.4. The summed E-state index contributed by atoms with van der Waals surface area (Å²) in [6.07, 6.45) is -3.63. The minimum Gasteiger partial charge on any atom is -0.384 e. The zero-order valence-electron chi connectivity index (χ0n) is 15.2. The second-order valence-electron chi connectivity index (χ2n) is 6.59. The Balaban J connectivity index is 1.88. The quantitative estimate of drug-likeness (QED) is 0.665. The average molecular weight is 422 g/mol. The molecule has 0 unspecified atom stereocenters. The smallest absolute Gasteiger partial charge is 0.384 e. The van der Waals surface area contributed by atoms with Crippen LogP contribution in [0.2, 0.25) is 0 Å². The molecule has 0 radical (unpaired) electrons. The van der Waals surface area contributed by atoms with Crippen molar-refractivity contribution >= 4 is 15.7 Å². The van der Waals surface area contributed by atoms with Gasteiger partial charge >= 0.3 is 6.18 Å². The number of pyridine rings is 1. The van der Waals surface area contributed by atoms with Crippen molar-refractivity contribution in [3.8, 4) is 11.1 Å². The molecule has 2 aromatic carbocycles. The number of nitrogens with two attached hydrogens (primary N) is 1. The van der Waals surface area contributed by atoms with E-state index in [4.69, 9.17) is 5.73 Å². The van der Waals surface area contributed by atoms with Gasteiger partial charge in [0.1, 0.15) is 5.82 Å². The van der Waals surface area contributed by atoms with Gasteiger partial charge in [-0.15, -0.1) is 0 Å². The van der Waals surface area contributed by atoms with Gasteiger partial charge in [0.25, 0.3) is 0 Å². The molecule has 0 amide bonds. The zero-order valence-corrected chi connectivity index (χ0v) is 16.0. The summed E-state index contributed by atoms with van der Waals surface area (Å²) in [5.41, 5.74) is 3.40. The Morgan fingerprint density at radius 1 is 0.862 bits per heavy atom. The van der Waals surface area contributed by atoms with Crippen LogP contribution in [0, 0.1) is 0 Å². The van der Waals surface area contributed by atoms with Crippen LogP contribution >= 0.6 is 0 Å². The number of alkyl halides is 3. The molecule has 0 aliphatic heterocycles. The molecule has 152 valence electrons. The molecule has 1 heterocycles. The average Bonchev–Trinajstić information content (AvgIpc) is 2.68. The van der Waals surface area contributed by atoms with Gasteiger partial charge < -0.3 is 10.8 Å². The van der Waals surface area contributed by atoms with Gasteiger partial charge in [-0.25, -0.2) is 13.4 Å². The van der Waals surface area contributed by atoms with E-state index in [1.165, 1.54) is 54.7 Å². The number of benzene rings is 2. The summed E-state index contributed by atoms with van der Waals surface area (Å²) in [6.45, 7) is 0.688. The standard InChI is InChI=1S/C20H17F3N2O3S/c1-19(26,20(21,22)23)15-6-2-13(3-7-15)14-4-8-16(9-5-14)29(27,28)17-10-11-18(24)25-12-17/h2-12,26H,1H3,(H2,24,25)/t19-/m1/s1. The largest absolute Gasteiger partial charge is 0.421 e. The number of nitrogens with zero attached hydrogens (tertiary/aromatic N) is 1. The van der Waals surface area contributed by atoms with E-state index in [1.807, 2.05) is 0 Å². The lowest BCUT2D eigenvalue weighted by Crippen LogP contribution is -2.39. The molecule has 3 aromatic rings. The first-order chi connectivity index (χ1) is 13.4. The van der Waals surface area contributed by atoms with Crippen molar-refractivity contribution < 1.29 is 26.7 Å². The predicted molar refractivity (Wildman–Crippen MR) is 102 cm³/mol. The lowest BCUT2D eigenvalue weighted by atomic mass is 9.93. The minimum absolute atomic E-state index is 0.00168. The first-order valence-corrected chi connectivity index (χ1v) is 9.88. The van der Waals surface area contributed by atoms with Gasteiger partial charge in [-0.2, -0.15) is 13.2 Å². The fraction of sp³-hybridized carbons (Fsp3) is 0.150. The first kappa shape index (κ1) is 20.8. The lowest BCUT2D eigenvalue weighted by Gasteiger charge is -2.26. The molecule has 1 aromatic heterocycles. The van der Waals surface area contributed by atoms with Crippen molar-refractivity contribution in [1.29, 1.82) is 0 Å². The number of hydrogen-bond acceptors (Lipinski definition) is 5. The second kappa shape index (κ2) is 7.16. The molecule has 0 spiro atoms. The summed E-state index contributed by atoms with van der Waals surface area (Å²) in [7, 11) is -3.77. The van der Waals surface area contributed by atoms with Crippen LogP contribution in [0.15, 0.2) is 76.7 Å². The molecule has 3 N–H and O–H groups in total. The van der Waals surface area contributed by atoms with Crippen LogP contribution in [0.4, 0.5) is 19.0 Å². The number of aliphatic hydroxyl groups is 1. The molecule has 0 saturated carbocycles. The highest BCUT2D eigenvalue weighted by molar-refractivity contribution is 7.91. The molecule has 0 fully saturated rings. The number of aromatic nitrogens is 1. The topological polar surface area (TPSA) is 93.3 Å². The Kier molecular flexibility index (Phi) is 5.14. The van der Waals surface area contributed by atoms with Gasteiger partial charge in [0.15, 0.2) is 5.60 Å². The van der Waals surface area contributed by atoms with Gasteiger partial charge in [-0.05, 0) is 47.9 Å². The number of anilines is 1.